The summed E-state index contributed by atoms with van der Waals surface area (Å²) < 4.78 is 1.85. The maximum absolute atomic E-state index is 6.27. The average Bonchev–Trinajstić information content (AvgIpc) is 3.25. The van der Waals surface area contributed by atoms with E-state index in [0.717, 1.165) is 11.3 Å². The third kappa shape index (κ3) is 1.70. The maximum Gasteiger partial charge on any atom is 0.157 e. The Bertz CT molecular complexity index is 803. The van der Waals surface area contributed by atoms with Crippen LogP contribution in [0.1, 0.15) is 24.3 Å². The van der Waals surface area contributed by atoms with Gasteiger partial charge in [0.25, 0.3) is 0 Å². The van der Waals surface area contributed by atoms with Crippen LogP contribution in [0, 0.1) is 0 Å². The molecule has 1 aromatic carbocycles. The molecule has 2 heterocycles. The summed E-state index contributed by atoms with van der Waals surface area (Å²) in [5.74, 6) is 1.31. The van der Waals surface area contributed by atoms with Gasteiger partial charge < -0.3 is 5.73 Å². The van der Waals surface area contributed by atoms with E-state index >= 15 is 0 Å². The molecule has 0 radical (unpaired) electrons. The highest BCUT2D eigenvalue weighted by atomic mass is 35.5. The number of nitrogens with two attached hydrogens (primary N) is 1. The van der Waals surface area contributed by atoms with Crippen LogP contribution in [0.3, 0.4) is 0 Å². The molecule has 2 N–H and O–H groups in total. The van der Waals surface area contributed by atoms with Gasteiger partial charge in [-0.15, -0.1) is 0 Å². The van der Waals surface area contributed by atoms with Crippen LogP contribution in [0.15, 0.2) is 42.6 Å². The molecule has 3 nitrogen and oxygen atoms in total. The van der Waals surface area contributed by atoms with E-state index in [1.165, 1.54) is 18.4 Å². The third-order valence-electron chi connectivity index (χ3n) is 3.87. The largest absolute Gasteiger partial charge is 0.383 e. The first-order chi connectivity index (χ1) is 9.75. The molecule has 3 aromatic rings. The lowest BCUT2D eigenvalue weighted by molar-refractivity contribution is 1.13. The van der Waals surface area contributed by atoms with Crippen LogP contribution >= 0.6 is 11.6 Å². The SMILES string of the molecule is Nc1c(-c2ccccc2C2CC2)nc2c(Cl)cccn12. The Morgan fingerprint density at radius 1 is 1.15 bits per heavy atom. The van der Waals surface area contributed by atoms with Crippen LogP contribution in [-0.4, -0.2) is 9.38 Å². The van der Waals surface area contributed by atoms with Gasteiger partial charge in [-0.2, -0.15) is 0 Å². The summed E-state index contributed by atoms with van der Waals surface area (Å²) in [7, 11) is 0. The van der Waals surface area contributed by atoms with Gasteiger partial charge in [0.05, 0.1) is 5.02 Å². The molecule has 2 aromatic heterocycles. The number of rotatable bonds is 2. The van der Waals surface area contributed by atoms with E-state index in [9.17, 15) is 0 Å². The minimum absolute atomic E-state index is 0.620. The second-order valence-corrected chi connectivity index (χ2v) is 5.66. The zero-order valence-corrected chi connectivity index (χ0v) is 11.6. The lowest BCUT2D eigenvalue weighted by Crippen LogP contribution is -1.95. The van der Waals surface area contributed by atoms with Crippen LogP contribution in [-0.2, 0) is 0 Å². The summed E-state index contributed by atoms with van der Waals surface area (Å²) in [5.41, 5.74) is 10.3. The summed E-state index contributed by atoms with van der Waals surface area (Å²) in [6.07, 6.45) is 4.41. The van der Waals surface area contributed by atoms with Crippen LogP contribution in [0.2, 0.25) is 5.02 Å². The van der Waals surface area contributed by atoms with Crippen LogP contribution in [0.5, 0.6) is 0 Å². The molecular formula is C16H14ClN3. The van der Waals surface area contributed by atoms with Crippen molar-refractivity contribution in [2.75, 3.05) is 5.73 Å². The van der Waals surface area contributed by atoms with Crippen molar-refractivity contribution in [1.82, 2.24) is 9.38 Å². The highest BCUT2D eigenvalue weighted by Crippen LogP contribution is 2.45. The van der Waals surface area contributed by atoms with Crippen LogP contribution < -0.4 is 5.73 Å². The van der Waals surface area contributed by atoms with Crippen molar-refractivity contribution in [2.24, 2.45) is 0 Å². The Hall–Kier alpha value is -2.00. The lowest BCUT2D eigenvalue weighted by Gasteiger charge is -2.06. The van der Waals surface area contributed by atoms with Crippen molar-refractivity contribution >= 4 is 23.1 Å². The molecule has 1 fully saturated rings. The van der Waals surface area contributed by atoms with Gasteiger partial charge in [0.2, 0.25) is 0 Å². The Balaban J connectivity index is 1.99. The van der Waals surface area contributed by atoms with E-state index in [1.807, 2.05) is 28.8 Å². The number of hydrogen-bond acceptors (Lipinski definition) is 2. The summed E-state index contributed by atoms with van der Waals surface area (Å²) >= 11 is 6.21. The first kappa shape index (κ1) is 11.8. The van der Waals surface area contributed by atoms with E-state index in [2.05, 4.69) is 23.2 Å². The first-order valence-corrected chi connectivity index (χ1v) is 7.15. The molecule has 0 saturated heterocycles. The number of benzene rings is 1. The number of hydrogen-bond donors (Lipinski definition) is 1. The van der Waals surface area contributed by atoms with E-state index in [1.54, 1.807) is 0 Å². The number of nitrogen functional groups attached to an aromatic ring is 1. The number of aromatic nitrogens is 2. The molecule has 1 saturated carbocycles. The van der Waals surface area contributed by atoms with Crippen molar-refractivity contribution in [3.8, 4) is 11.3 Å². The minimum Gasteiger partial charge on any atom is -0.383 e. The molecule has 1 aliphatic rings. The van der Waals surface area contributed by atoms with E-state index in [4.69, 9.17) is 17.3 Å². The Morgan fingerprint density at radius 3 is 2.70 bits per heavy atom. The molecule has 4 rings (SSSR count). The fourth-order valence-electron chi connectivity index (χ4n) is 2.71. The second kappa shape index (κ2) is 4.25. The quantitative estimate of drug-likeness (QED) is 0.769. The normalized spacial score (nSPS) is 14.8. The first-order valence-electron chi connectivity index (χ1n) is 6.77. The summed E-state index contributed by atoms with van der Waals surface area (Å²) in [6, 6.07) is 12.1. The Labute approximate surface area is 122 Å². The van der Waals surface area contributed by atoms with Crippen molar-refractivity contribution < 1.29 is 0 Å². The highest BCUT2D eigenvalue weighted by Gasteiger charge is 2.27. The van der Waals surface area contributed by atoms with Gasteiger partial charge in [0.1, 0.15) is 11.5 Å². The fourth-order valence-corrected chi connectivity index (χ4v) is 2.92. The van der Waals surface area contributed by atoms with Crippen LogP contribution in [0.4, 0.5) is 5.82 Å². The fraction of sp³-hybridized carbons (Fsp3) is 0.188. The molecule has 0 bridgehead atoms. The Kier molecular flexibility index (Phi) is 2.51. The number of imidazole rings is 1. The molecule has 0 aliphatic heterocycles. The third-order valence-corrected chi connectivity index (χ3v) is 4.17. The van der Waals surface area contributed by atoms with Gasteiger partial charge in [-0.3, -0.25) is 4.40 Å². The number of halogens is 1. The number of fused-ring (bicyclic) bond motifs is 1. The minimum atomic E-state index is 0.620. The molecule has 0 atom stereocenters. The van der Waals surface area contributed by atoms with Crippen molar-refractivity contribution in [3.05, 3.63) is 53.2 Å². The van der Waals surface area contributed by atoms with Gasteiger partial charge >= 0.3 is 0 Å². The average molecular weight is 284 g/mol. The molecule has 20 heavy (non-hydrogen) atoms. The number of nitrogens with zero attached hydrogens (tertiary/aromatic N) is 2. The zero-order chi connectivity index (χ0) is 13.7. The molecule has 0 spiro atoms. The predicted octanol–water partition coefficient (Wildman–Crippen LogP) is 4.11. The maximum atomic E-state index is 6.27. The predicted molar refractivity (Wildman–Crippen MR) is 82.0 cm³/mol. The summed E-state index contributed by atoms with van der Waals surface area (Å²) in [5, 5.41) is 0.620. The van der Waals surface area contributed by atoms with E-state index in [-0.39, 0.29) is 0 Å². The summed E-state index contributed by atoms with van der Waals surface area (Å²) in [4.78, 5) is 4.66. The van der Waals surface area contributed by atoms with E-state index in [0.29, 0.717) is 22.4 Å². The molecule has 0 unspecified atom stereocenters. The van der Waals surface area contributed by atoms with E-state index < -0.39 is 0 Å². The molecule has 1 aliphatic carbocycles. The molecular weight excluding hydrogens is 270 g/mol. The van der Waals surface area contributed by atoms with Gasteiger partial charge in [-0.1, -0.05) is 35.9 Å². The highest BCUT2D eigenvalue weighted by molar-refractivity contribution is 6.33. The Morgan fingerprint density at radius 2 is 1.95 bits per heavy atom. The standard InChI is InChI=1S/C16H14ClN3/c17-13-6-3-9-20-15(18)14(19-16(13)20)12-5-2-1-4-11(12)10-7-8-10/h1-6,9-10H,7-8,18H2. The van der Waals surface area contributed by atoms with Crippen molar-refractivity contribution in [3.63, 3.8) is 0 Å². The van der Waals surface area contributed by atoms with Gasteiger partial charge in [-0.05, 0) is 36.5 Å². The molecule has 100 valence electrons. The van der Waals surface area contributed by atoms with Gasteiger partial charge in [0, 0.05) is 11.8 Å². The number of pyridine rings is 1. The zero-order valence-electron chi connectivity index (χ0n) is 10.9. The van der Waals surface area contributed by atoms with Crippen molar-refractivity contribution in [2.45, 2.75) is 18.8 Å². The van der Waals surface area contributed by atoms with Crippen molar-refractivity contribution in [1.29, 1.82) is 0 Å². The second-order valence-electron chi connectivity index (χ2n) is 5.26. The molecule has 4 heteroatoms. The van der Waals surface area contributed by atoms with Gasteiger partial charge in [0.15, 0.2) is 5.65 Å². The smallest absolute Gasteiger partial charge is 0.157 e. The van der Waals surface area contributed by atoms with Gasteiger partial charge in [-0.25, -0.2) is 4.98 Å². The topological polar surface area (TPSA) is 43.3 Å². The summed E-state index contributed by atoms with van der Waals surface area (Å²) in [6.45, 7) is 0. The van der Waals surface area contributed by atoms with Crippen LogP contribution in [0.25, 0.3) is 16.9 Å². The monoisotopic (exact) mass is 283 g/mol. The molecule has 0 amide bonds. The number of anilines is 1. The lowest BCUT2D eigenvalue weighted by atomic mass is 10.0.